The summed E-state index contributed by atoms with van der Waals surface area (Å²) in [5.41, 5.74) is 4.01. The van der Waals surface area contributed by atoms with Crippen LogP contribution < -0.4 is 5.32 Å². The van der Waals surface area contributed by atoms with Gasteiger partial charge in [0.05, 0.1) is 11.7 Å². The topological polar surface area (TPSA) is 60.0 Å². The summed E-state index contributed by atoms with van der Waals surface area (Å²) in [6.45, 7) is 10.5. The van der Waals surface area contributed by atoms with E-state index >= 15 is 0 Å². The maximum absolute atomic E-state index is 4.63. The second-order valence-electron chi connectivity index (χ2n) is 6.49. The summed E-state index contributed by atoms with van der Waals surface area (Å²) >= 11 is 0. The van der Waals surface area contributed by atoms with Gasteiger partial charge in [-0.3, -0.25) is 0 Å². The van der Waals surface area contributed by atoms with E-state index in [1.165, 1.54) is 0 Å². The molecule has 0 spiro atoms. The van der Waals surface area contributed by atoms with Gasteiger partial charge < -0.3 is 9.88 Å². The van der Waals surface area contributed by atoms with Crippen molar-refractivity contribution in [3.8, 4) is 0 Å². The van der Waals surface area contributed by atoms with E-state index in [0.29, 0.717) is 5.92 Å². The molecular weight excluding hydrogens is 288 g/mol. The maximum atomic E-state index is 4.63. The van der Waals surface area contributed by atoms with Crippen LogP contribution in [0.4, 0.5) is 5.82 Å². The molecule has 0 aromatic carbocycles. The van der Waals surface area contributed by atoms with Gasteiger partial charge in [-0.05, 0) is 26.7 Å². The zero-order valence-electron chi connectivity index (χ0n) is 14.6. The van der Waals surface area contributed by atoms with Crippen molar-refractivity contribution in [1.29, 1.82) is 0 Å². The third kappa shape index (κ3) is 2.69. The Hall–Kier alpha value is -2.37. The zero-order chi connectivity index (χ0) is 16.7. The number of aryl methyl sites for hydroxylation is 4. The third-order valence-electron chi connectivity index (χ3n) is 4.29. The number of rotatable bonds is 4. The Balaban J connectivity index is 2.09. The Morgan fingerprint density at radius 2 is 1.91 bits per heavy atom. The highest BCUT2D eigenvalue weighted by atomic mass is 15.3. The summed E-state index contributed by atoms with van der Waals surface area (Å²) in [5.74, 6) is 2.35. The Labute approximate surface area is 136 Å². The minimum Gasteiger partial charge on any atom is -0.360 e. The van der Waals surface area contributed by atoms with Crippen LogP contribution in [0, 0.1) is 26.7 Å². The van der Waals surface area contributed by atoms with Crippen LogP contribution in [-0.4, -0.2) is 24.1 Å². The Morgan fingerprint density at radius 1 is 1.17 bits per heavy atom. The van der Waals surface area contributed by atoms with Gasteiger partial charge in [0.25, 0.3) is 0 Å². The van der Waals surface area contributed by atoms with E-state index in [9.17, 15) is 0 Å². The molecule has 0 bridgehead atoms. The summed E-state index contributed by atoms with van der Waals surface area (Å²) < 4.78 is 3.96. The van der Waals surface area contributed by atoms with E-state index in [4.69, 9.17) is 0 Å². The molecule has 1 unspecified atom stereocenters. The van der Waals surface area contributed by atoms with Crippen LogP contribution in [0.2, 0.25) is 0 Å². The van der Waals surface area contributed by atoms with Crippen molar-refractivity contribution in [2.24, 2.45) is 13.0 Å². The molecule has 0 aliphatic heterocycles. The largest absolute Gasteiger partial charge is 0.360 e. The lowest BCUT2D eigenvalue weighted by Gasteiger charge is -2.23. The number of fused-ring (bicyclic) bond motifs is 1. The molecule has 0 fully saturated rings. The van der Waals surface area contributed by atoms with Crippen molar-refractivity contribution < 1.29 is 0 Å². The molecule has 0 aliphatic rings. The average molecular weight is 312 g/mol. The van der Waals surface area contributed by atoms with Crippen LogP contribution in [0.15, 0.2) is 18.5 Å². The van der Waals surface area contributed by atoms with Crippen molar-refractivity contribution in [1.82, 2.24) is 24.1 Å². The molecule has 0 radical (unpaired) electrons. The summed E-state index contributed by atoms with van der Waals surface area (Å²) in [4.78, 5) is 9.14. The Bertz CT molecular complexity index is 842. The number of hydrogen-bond acceptors (Lipinski definition) is 4. The van der Waals surface area contributed by atoms with Gasteiger partial charge in [0.15, 0.2) is 5.65 Å². The molecule has 122 valence electrons. The number of anilines is 1. The van der Waals surface area contributed by atoms with Gasteiger partial charge in [-0.15, -0.1) is 0 Å². The second-order valence-corrected chi connectivity index (χ2v) is 6.49. The van der Waals surface area contributed by atoms with Gasteiger partial charge in [0, 0.05) is 36.8 Å². The maximum Gasteiger partial charge on any atom is 0.160 e. The molecule has 6 heteroatoms. The highest BCUT2D eigenvalue weighted by molar-refractivity contribution is 5.56. The highest BCUT2D eigenvalue weighted by Crippen LogP contribution is 2.26. The number of nitrogens with zero attached hydrogens (tertiary/aromatic N) is 5. The standard InChI is InChI=1S/C17H24N6/c1-10(2)15(17-18-7-8-22(17)6)20-14-9-11(3)19-16-12(4)13(5)21-23(14)16/h7-10,15,20H,1-6H3. The molecule has 0 saturated carbocycles. The highest BCUT2D eigenvalue weighted by Gasteiger charge is 2.22. The van der Waals surface area contributed by atoms with E-state index < -0.39 is 0 Å². The van der Waals surface area contributed by atoms with Crippen molar-refractivity contribution in [3.63, 3.8) is 0 Å². The lowest BCUT2D eigenvalue weighted by atomic mass is 10.0. The molecule has 1 atom stereocenters. The van der Waals surface area contributed by atoms with Gasteiger partial charge in [-0.1, -0.05) is 13.8 Å². The lowest BCUT2D eigenvalue weighted by Crippen LogP contribution is -2.22. The fourth-order valence-corrected chi connectivity index (χ4v) is 2.82. The van der Waals surface area contributed by atoms with Crippen LogP contribution in [0.5, 0.6) is 0 Å². The predicted molar refractivity (Wildman–Crippen MR) is 91.6 cm³/mol. The average Bonchev–Trinajstić information content (AvgIpc) is 3.02. The minimum absolute atomic E-state index is 0.102. The second kappa shape index (κ2) is 5.68. The van der Waals surface area contributed by atoms with Gasteiger partial charge in [0.1, 0.15) is 11.6 Å². The van der Waals surface area contributed by atoms with Gasteiger partial charge in [0.2, 0.25) is 0 Å². The van der Waals surface area contributed by atoms with Crippen LogP contribution in [-0.2, 0) is 7.05 Å². The first kappa shape index (κ1) is 15.5. The van der Waals surface area contributed by atoms with Gasteiger partial charge in [-0.25, -0.2) is 9.97 Å². The summed E-state index contributed by atoms with van der Waals surface area (Å²) in [5, 5.41) is 8.26. The molecule has 0 saturated heterocycles. The van der Waals surface area contributed by atoms with Crippen molar-refractivity contribution in [2.75, 3.05) is 5.32 Å². The first-order valence-corrected chi connectivity index (χ1v) is 7.95. The van der Waals surface area contributed by atoms with Crippen molar-refractivity contribution in [3.05, 3.63) is 41.2 Å². The SMILES string of the molecule is Cc1cc(NC(c2nccn2C)C(C)C)n2nc(C)c(C)c2n1. The number of nitrogens with one attached hydrogen (secondary N) is 1. The minimum atomic E-state index is 0.102. The molecule has 3 rings (SSSR count). The first-order chi connectivity index (χ1) is 10.9. The van der Waals surface area contributed by atoms with Crippen LogP contribution in [0.1, 0.15) is 42.7 Å². The normalized spacial score (nSPS) is 13.0. The molecule has 3 aromatic heterocycles. The molecule has 3 aromatic rings. The molecule has 1 N–H and O–H groups in total. The Morgan fingerprint density at radius 3 is 2.52 bits per heavy atom. The molecule has 0 amide bonds. The third-order valence-corrected chi connectivity index (χ3v) is 4.29. The Kier molecular flexibility index (Phi) is 3.83. The molecule has 3 heterocycles. The summed E-state index contributed by atoms with van der Waals surface area (Å²) in [6.07, 6.45) is 3.81. The molecular formula is C17H24N6. The monoisotopic (exact) mass is 312 g/mol. The summed E-state index contributed by atoms with van der Waals surface area (Å²) in [6, 6.07) is 2.14. The fraction of sp³-hybridized carbons (Fsp3) is 0.471. The first-order valence-electron chi connectivity index (χ1n) is 7.95. The fourth-order valence-electron chi connectivity index (χ4n) is 2.82. The van der Waals surface area contributed by atoms with E-state index in [1.54, 1.807) is 0 Å². The van der Waals surface area contributed by atoms with Crippen LogP contribution in [0.25, 0.3) is 5.65 Å². The van der Waals surface area contributed by atoms with Gasteiger partial charge >= 0.3 is 0 Å². The summed E-state index contributed by atoms with van der Waals surface area (Å²) in [7, 11) is 2.02. The number of imidazole rings is 1. The molecule has 23 heavy (non-hydrogen) atoms. The van der Waals surface area contributed by atoms with Gasteiger partial charge in [-0.2, -0.15) is 9.61 Å². The van der Waals surface area contributed by atoms with E-state index in [1.807, 2.05) is 43.9 Å². The zero-order valence-corrected chi connectivity index (χ0v) is 14.6. The molecule has 0 aliphatic carbocycles. The van der Waals surface area contributed by atoms with E-state index in [0.717, 1.165) is 34.2 Å². The lowest BCUT2D eigenvalue weighted by molar-refractivity contribution is 0.505. The quantitative estimate of drug-likeness (QED) is 0.803. The van der Waals surface area contributed by atoms with Crippen molar-refractivity contribution in [2.45, 2.75) is 40.7 Å². The van der Waals surface area contributed by atoms with Crippen LogP contribution in [0.3, 0.4) is 0 Å². The van der Waals surface area contributed by atoms with Crippen LogP contribution >= 0.6 is 0 Å². The molecule has 6 nitrogen and oxygen atoms in total. The van der Waals surface area contributed by atoms with E-state index in [-0.39, 0.29) is 6.04 Å². The van der Waals surface area contributed by atoms with Crippen molar-refractivity contribution >= 4 is 11.5 Å². The predicted octanol–water partition coefficient (Wildman–Crippen LogP) is 3.20. The van der Waals surface area contributed by atoms with E-state index in [2.05, 4.69) is 45.7 Å². The number of hydrogen-bond donors (Lipinski definition) is 1. The number of aromatic nitrogens is 5. The smallest absolute Gasteiger partial charge is 0.160 e.